The van der Waals surface area contributed by atoms with Crippen molar-refractivity contribution in [3.63, 3.8) is 0 Å². The van der Waals surface area contributed by atoms with Gasteiger partial charge in [-0.15, -0.1) is 0 Å². The molecule has 0 radical (unpaired) electrons. The Hall–Kier alpha value is -2.67. The van der Waals surface area contributed by atoms with Crippen LogP contribution in [-0.4, -0.2) is 4.98 Å². The van der Waals surface area contributed by atoms with Crippen LogP contribution >= 0.6 is 0 Å². The van der Waals surface area contributed by atoms with Gasteiger partial charge in [-0.05, 0) is 64.9 Å². The van der Waals surface area contributed by atoms with Gasteiger partial charge in [0.2, 0.25) is 0 Å². The first-order chi connectivity index (χ1) is 11.8. The highest BCUT2D eigenvalue weighted by Crippen LogP contribution is 2.38. The molecule has 0 saturated carbocycles. The van der Waals surface area contributed by atoms with Crippen LogP contribution in [0.3, 0.4) is 0 Å². The zero-order chi connectivity index (χ0) is 16.4. The molecule has 1 heterocycles. The maximum Gasteiger partial charge on any atom is 0.0708 e. The number of nitrogens with zero attached hydrogens (tertiary/aromatic N) is 1. The second-order valence-electron chi connectivity index (χ2n) is 6.39. The third-order valence-electron chi connectivity index (χ3n) is 4.65. The van der Waals surface area contributed by atoms with Crippen molar-refractivity contribution in [1.82, 2.24) is 4.98 Å². The first-order valence-corrected chi connectivity index (χ1v) is 8.68. The van der Waals surface area contributed by atoms with Gasteiger partial charge in [-0.25, -0.2) is 0 Å². The number of aromatic nitrogens is 1. The molecular weight excluding hydrogens is 290 g/mol. The smallest absolute Gasteiger partial charge is 0.0708 e. The van der Waals surface area contributed by atoms with E-state index in [1.165, 1.54) is 39.8 Å². The Kier molecular flexibility index (Phi) is 4.00. The second kappa shape index (κ2) is 6.45. The zero-order valence-electron chi connectivity index (χ0n) is 14.0. The average Bonchev–Trinajstić information content (AvgIpc) is 3.07. The number of rotatable bonds is 4. The molecule has 24 heavy (non-hydrogen) atoms. The molecule has 0 atom stereocenters. The molecule has 0 fully saturated rings. The largest absolute Gasteiger partial charge is 0.256 e. The fourth-order valence-corrected chi connectivity index (χ4v) is 3.53. The Balaban J connectivity index is 1.84. The normalized spacial score (nSPS) is 12.8. The van der Waals surface area contributed by atoms with E-state index in [2.05, 4.69) is 72.6 Å². The Morgan fingerprint density at radius 3 is 2.54 bits per heavy atom. The van der Waals surface area contributed by atoms with Crippen molar-refractivity contribution in [2.75, 3.05) is 0 Å². The Morgan fingerprint density at radius 2 is 1.79 bits per heavy atom. The summed E-state index contributed by atoms with van der Waals surface area (Å²) in [6.07, 6.45) is 7.53. The molecular formula is C23H21N. The van der Waals surface area contributed by atoms with E-state index in [9.17, 15) is 0 Å². The van der Waals surface area contributed by atoms with Crippen LogP contribution in [0.1, 0.15) is 35.6 Å². The van der Waals surface area contributed by atoms with Crippen LogP contribution in [0.4, 0.5) is 0 Å². The van der Waals surface area contributed by atoms with Crippen molar-refractivity contribution < 1.29 is 0 Å². The molecule has 1 aromatic heterocycles. The van der Waals surface area contributed by atoms with Gasteiger partial charge in [0, 0.05) is 11.8 Å². The highest BCUT2D eigenvalue weighted by atomic mass is 14.7. The average molecular weight is 311 g/mol. The van der Waals surface area contributed by atoms with Crippen LogP contribution in [0.15, 0.2) is 66.9 Å². The van der Waals surface area contributed by atoms with E-state index in [-0.39, 0.29) is 0 Å². The molecule has 0 aliphatic heterocycles. The summed E-state index contributed by atoms with van der Waals surface area (Å²) in [7, 11) is 0. The van der Waals surface area contributed by atoms with Crippen LogP contribution in [0.5, 0.6) is 0 Å². The third-order valence-corrected chi connectivity index (χ3v) is 4.65. The lowest BCUT2D eigenvalue weighted by atomic mass is 9.95. The number of hydrogen-bond acceptors (Lipinski definition) is 1. The molecule has 0 N–H and O–H groups in total. The summed E-state index contributed by atoms with van der Waals surface area (Å²) in [5.74, 6) is 0. The minimum Gasteiger partial charge on any atom is -0.256 e. The summed E-state index contributed by atoms with van der Waals surface area (Å²) in [4.78, 5) is 4.60. The lowest BCUT2D eigenvalue weighted by Crippen LogP contribution is -1.94. The van der Waals surface area contributed by atoms with E-state index in [0.29, 0.717) is 0 Å². The van der Waals surface area contributed by atoms with Crippen molar-refractivity contribution in [2.24, 2.45) is 0 Å². The first-order valence-electron chi connectivity index (χ1n) is 8.68. The molecule has 0 amide bonds. The van der Waals surface area contributed by atoms with Gasteiger partial charge in [0.05, 0.1) is 5.69 Å². The highest BCUT2D eigenvalue weighted by molar-refractivity contribution is 5.93. The van der Waals surface area contributed by atoms with Gasteiger partial charge in [0.15, 0.2) is 0 Å². The van der Waals surface area contributed by atoms with Crippen molar-refractivity contribution in [1.29, 1.82) is 0 Å². The van der Waals surface area contributed by atoms with Crippen LogP contribution < -0.4 is 0 Å². The van der Waals surface area contributed by atoms with Crippen molar-refractivity contribution in [2.45, 2.75) is 26.2 Å². The maximum absolute atomic E-state index is 4.60. The SMILES string of the molecule is CCCc1cc2c(c(-c3ccccn3)c1)C=C(c1ccccc1)C2. The summed E-state index contributed by atoms with van der Waals surface area (Å²) in [6, 6.07) is 21.6. The molecule has 0 spiro atoms. The molecule has 0 saturated heterocycles. The van der Waals surface area contributed by atoms with Crippen LogP contribution in [0, 0.1) is 0 Å². The summed E-state index contributed by atoms with van der Waals surface area (Å²) in [5, 5.41) is 0. The Labute approximate surface area is 143 Å². The zero-order valence-corrected chi connectivity index (χ0v) is 14.0. The van der Waals surface area contributed by atoms with Gasteiger partial charge in [-0.3, -0.25) is 4.98 Å². The molecule has 1 aliphatic carbocycles. The number of fused-ring (bicyclic) bond motifs is 1. The molecule has 118 valence electrons. The van der Waals surface area contributed by atoms with Gasteiger partial charge in [0.25, 0.3) is 0 Å². The number of aryl methyl sites for hydroxylation is 1. The van der Waals surface area contributed by atoms with Gasteiger partial charge >= 0.3 is 0 Å². The monoisotopic (exact) mass is 311 g/mol. The van der Waals surface area contributed by atoms with E-state index in [0.717, 1.165) is 18.5 Å². The van der Waals surface area contributed by atoms with Gasteiger partial charge in [-0.2, -0.15) is 0 Å². The maximum atomic E-state index is 4.60. The Morgan fingerprint density at radius 1 is 0.958 bits per heavy atom. The summed E-state index contributed by atoms with van der Waals surface area (Å²) in [6.45, 7) is 2.24. The number of allylic oxidation sites excluding steroid dienone is 1. The fourth-order valence-electron chi connectivity index (χ4n) is 3.53. The van der Waals surface area contributed by atoms with E-state index in [4.69, 9.17) is 0 Å². The number of pyridine rings is 1. The van der Waals surface area contributed by atoms with E-state index in [1.54, 1.807) is 0 Å². The minimum absolute atomic E-state index is 1.01. The van der Waals surface area contributed by atoms with Crippen LogP contribution in [0.2, 0.25) is 0 Å². The van der Waals surface area contributed by atoms with Crippen molar-refractivity contribution in [3.05, 3.63) is 89.1 Å². The second-order valence-corrected chi connectivity index (χ2v) is 6.39. The molecule has 0 unspecified atom stereocenters. The summed E-state index contributed by atoms with van der Waals surface area (Å²) >= 11 is 0. The van der Waals surface area contributed by atoms with E-state index in [1.807, 2.05) is 12.3 Å². The van der Waals surface area contributed by atoms with Gasteiger partial charge in [0.1, 0.15) is 0 Å². The third kappa shape index (κ3) is 2.78. The Bertz CT molecular complexity index is 877. The predicted molar refractivity (Wildman–Crippen MR) is 102 cm³/mol. The molecule has 1 nitrogen and oxygen atoms in total. The molecule has 1 aliphatic rings. The molecule has 1 heteroatoms. The summed E-state index contributed by atoms with van der Waals surface area (Å²) < 4.78 is 0. The number of hydrogen-bond donors (Lipinski definition) is 0. The van der Waals surface area contributed by atoms with Crippen molar-refractivity contribution in [3.8, 4) is 11.3 Å². The molecule has 4 rings (SSSR count). The summed E-state index contributed by atoms with van der Waals surface area (Å²) in [5.41, 5.74) is 9.24. The lowest BCUT2D eigenvalue weighted by Gasteiger charge is -2.11. The molecule has 3 aromatic rings. The van der Waals surface area contributed by atoms with E-state index >= 15 is 0 Å². The lowest BCUT2D eigenvalue weighted by molar-refractivity contribution is 0.919. The van der Waals surface area contributed by atoms with Gasteiger partial charge in [-0.1, -0.05) is 55.8 Å². The predicted octanol–water partition coefficient (Wildman–Crippen LogP) is 5.80. The first kappa shape index (κ1) is 14.9. The quantitative estimate of drug-likeness (QED) is 0.593. The van der Waals surface area contributed by atoms with Crippen molar-refractivity contribution >= 4 is 11.6 Å². The highest BCUT2D eigenvalue weighted by Gasteiger charge is 2.19. The standard InChI is InChI=1S/C23H21N/c1-2-8-17-13-20-15-19(18-9-4-3-5-10-18)16-21(20)22(14-17)23-11-6-7-12-24-23/h3-7,9-14,16H,2,8,15H2,1H3. The molecule has 0 bridgehead atoms. The van der Waals surface area contributed by atoms with Crippen LogP contribution in [-0.2, 0) is 12.8 Å². The van der Waals surface area contributed by atoms with Crippen LogP contribution in [0.25, 0.3) is 22.9 Å². The van der Waals surface area contributed by atoms with Gasteiger partial charge < -0.3 is 0 Å². The fraction of sp³-hybridized carbons (Fsp3) is 0.174. The minimum atomic E-state index is 1.01. The number of benzene rings is 2. The topological polar surface area (TPSA) is 12.9 Å². The molecule has 2 aromatic carbocycles. The van der Waals surface area contributed by atoms with E-state index < -0.39 is 0 Å².